The smallest absolute Gasteiger partial charge is 0.224 e. The molecule has 0 bridgehead atoms. The van der Waals surface area contributed by atoms with Crippen molar-refractivity contribution < 1.29 is 9.21 Å². The van der Waals surface area contributed by atoms with Gasteiger partial charge in [-0.2, -0.15) is 0 Å². The first-order valence-corrected chi connectivity index (χ1v) is 8.62. The van der Waals surface area contributed by atoms with Crippen molar-refractivity contribution >= 4 is 23.2 Å². The number of amides is 1. The summed E-state index contributed by atoms with van der Waals surface area (Å²) < 4.78 is 5.26. The molecule has 0 spiro atoms. The molecule has 0 saturated carbocycles. The largest absolute Gasteiger partial charge is 0.443 e. The molecule has 0 fully saturated rings. The second-order valence-corrected chi connectivity index (χ2v) is 6.76. The Bertz CT molecular complexity index is 881. The highest BCUT2D eigenvalue weighted by atomic mass is 35.5. The maximum atomic E-state index is 12.4. The van der Waals surface area contributed by atoms with Gasteiger partial charge < -0.3 is 9.73 Å². The lowest BCUT2D eigenvalue weighted by Gasteiger charge is -2.11. The van der Waals surface area contributed by atoms with Crippen LogP contribution in [0, 0.1) is 5.92 Å². The van der Waals surface area contributed by atoms with Crippen LogP contribution in [0.5, 0.6) is 0 Å². The number of nitrogens with zero attached hydrogens (tertiary/aromatic N) is 1. The lowest BCUT2D eigenvalue weighted by atomic mass is 10.0. The van der Waals surface area contributed by atoms with Crippen molar-refractivity contribution in [2.75, 3.05) is 5.32 Å². The molecular formula is C20H17ClN2O2. The lowest BCUT2D eigenvalue weighted by molar-refractivity contribution is -0.117. The third-order valence-electron chi connectivity index (χ3n) is 4.56. The molecule has 1 aliphatic carbocycles. The van der Waals surface area contributed by atoms with E-state index in [9.17, 15) is 4.79 Å². The molecule has 126 valence electrons. The van der Waals surface area contributed by atoms with Crippen molar-refractivity contribution in [3.8, 4) is 11.3 Å². The van der Waals surface area contributed by atoms with E-state index < -0.39 is 0 Å². The topological polar surface area (TPSA) is 55.1 Å². The first-order valence-electron chi connectivity index (χ1n) is 8.24. The van der Waals surface area contributed by atoms with Gasteiger partial charge in [-0.3, -0.25) is 4.79 Å². The minimum absolute atomic E-state index is 0.0151. The molecule has 0 unspecified atom stereocenters. The summed E-state index contributed by atoms with van der Waals surface area (Å²) in [6.45, 7) is 0. The van der Waals surface area contributed by atoms with E-state index in [0.29, 0.717) is 28.8 Å². The molecule has 4 rings (SSSR count). The van der Waals surface area contributed by atoms with Gasteiger partial charge in [-0.1, -0.05) is 35.9 Å². The molecule has 5 heteroatoms. The monoisotopic (exact) mass is 352 g/mol. The van der Waals surface area contributed by atoms with E-state index in [2.05, 4.69) is 34.6 Å². The van der Waals surface area contributed by atoms with Crippen molar-refractivity contribution in [3.05, 3.63) is 71.2 Å². The summed E-state index contributed by atoms with van der Waals surface area (Å²) in [5, 5.41) is 3.46. The van der Waals surface area contributed by atoms with Gasteiger partial charge in [0.05, 0.1) is 11.2 Å². The Labute approximate surface area is 150 Å². The number of carbonyl (C=O) groups excluding carboxylic acids is 1. The number of anilines is 1. The molecule has 0 aliphatic heterocycles. The Morgan fingerprint density at radius 2 is 1.96 bits per heavy atom. The zero-order valence-corrected chi connectivity index (χ0v) is 14.3. The summed E-state index contributed by atoms with van der Waals surface area (Å²) in [6, 6.07) is 13.8. The van der Waals surface area contributed by atoms with E-state index in [1.807, 2.05) is 12.1 Å². The molecule has 4 nitrogen and oxygen atoms in total. The molecule has 3 aromatic rings. The fourth-order valence-corrected chi connectivity index (χ4v) is 3.68. The number of halogens is 1. The Morgan fingerprint density at radius 1 is 1.20 bits per heavy atom. The van der Waals surface area contributed by atoms with Crippen LogP contribution in [0.3, 0.4) is 0 Å². The highest BCUT2D eigenvalue weighted by Gasteiger charge is 2.23. The fraction of sp³-hybridized carbons (Fsp3) is 0.200. The number of oxazole rings is 1. The second-order valence-electron chi connectivity index (χ2n) is 6.36. The van der Waals surface area contributed by atoms with E-state index in [1.165, 1.54) is 17.5 Å². The summed E-state index contributed by atoms with van der Waals surface area (Å²) in [4.78, 5) is 16.3. The zero-order chi connectivity index (χ0) is 17.2. The third kappa shape index (κ3) is 3.44. The van der Waals surface area contributed by atoms with Gasteiger partial charge in [0.15, 0.2) is 12.2 Å². The molecule has 1 aliphatic rings. The van der Waals surface area contributed by atoms with Gasteiger partial charge in [-0.15, -0.1) is 0 Å². The molecule has 1 amide bonds. The van der Waals surface area contributed by atoms with Crippen LogP contribution in [-0.2, 0) is 17.6 Å². The van der Waals surface area contributed by atoms with Crippen molar-refractivity contribution in [3.63, 3.8) is 0 Å². The van der Waals surface area contributed by atoms with E-state index in [1.54, 1.807) is 12.3 Å². The molecule has 2 aromatic carbocycles. The number of benzene rings is 2. The van der Waals surface area contributed by atoms with Gasteiger partial charge in [0.1, 0.15) is 0 Å². The molecule has 1 N–H and O–H groups in total. The Kier molecular flexibility index (Phi) is 4.28. The third-order valence-corrected chi connectivity index (χ3v) is 4.87. The van der Waals surface area contributed by atoms with Crippen LogP contribution < -0.4 is 5.32 Å². The summed E-state index contributed by atoms with van der Waals surface area (Å²) in [6.07, 6.45) is 5.41. The quantitative estimate of drug-likeness (QED) is 0.738. The number of nitrogens with one attached hydrogen (secondary N) is 1. The summed E-state index contributed by atoms with van der Waals surface area (Å²) in [5.74, 6) is 0.981. The van der Waals surface area contributed by atoms with Crippen LogP contribution >= 0.6 is 11.6 Å². The van der Waals surface area contributed by atoms with Crippen LogP contribution in [0.1, 0.15) is 17.5 Å². The molecule has 1 aromatic heterocycles. The molecule has 0 saturated heterocycles. The fourth-order valence-electron chi connectivity index (χ4n) is 3.41. The van der Waals surface area contributed by atoms with Gasteiger partial charge in [0.2, 0.25) is 5.91 Å². The van der Waals surface area contributed by atoms with Crippen molar-refractivity contribution in [2.45, 2.75) is 19.3 Å². The average molecular weight is 353 g/mol. The molecular weight excluding hydrogens is 336 g/mol. The maximum Gasteiger partial charge on any atom is 0.224 e. The molecule has 25 heavy (non-hydrogen) atoms. The summed E-state index contributed by atoms with van der Waals surface area (Å²) >= 11 is 6.30. The van der Waals surface area contributed by atoms with Crippen molar-refractivity contribution in [2.24, 2.45) is 5.92 Å². The van der Waals surface area contributed by atoms with Gasteiger partial charge in [0, 0.05) is 17.7 Å². The molecule has 1 heterocycles. The van der Waals surface area contributed by atoms with Gasteiger partial charge in [-0.25, -0.2) is 4.98 Å². The van der Waals surface area contributed by atoms with E-state index >= 15 is 0 Å². The first-order chi connectivity index (χ1) is 12.2. The SMILES string of the molecule is O=C(CC1Cc2ccccc2C1)Nc1ccc(-c2cnco2)c(Cl)c1. The minimum Gasteiger partial charge on any atom is -0.443 e. The van der Waals surface area contributed by atoms with Gasteiger partial charge >= 0.3 is 0 Å². The predicted molar refractivity (Wildman–Crippen MR) is 97.5 cm³/mol. The molecule has 0 radical (unpaired) electrons. The Balaban J connectivity index is 1.39. The molecule has 0 atom stereocenters. The standard InChI is InChI=1S/C20H17ClN2O2/c21-18-10-16(5-6-17(18)19-11-22-12-25-19)23-20(24)9-13-7-14-3-1-2-4-15(14)8-13/h1-6,10-13H,7-9H2,(H,23,24). The van der Waals surface area contributed by atoms with Gasteiger partial charge in [0.25, 0.3) is 0 Å². The number of fused-ring (bicyclic) bond motifs is 1. The highest BCUT2D eigenvalue weighted by molar-refractivity contribution is 6.33. The Hall–Kier alpha value is -2.59. The lowest BCUT2D eigenvalue weighted by Crippen LogP contribution is -2.16. The minimum atomic E-state index is 0.0151. The zero-order valence-electron chi connectivity index (χ0n) is 13.5. The highest BCUT2D eigenvalue weighted by Crippen LogP contribution is 2.31. The van der Waals surface area contributed by atoms with Crippen LogP contribution in [0.4, 0.5) is 5.69 Å². The van der Waals surface area contributed by atoms with E-state index in [0.717, 1.165) is 18.4 Å². The average Bonchev–Trinajstić information content (AvgIpc) is 3.23. The van der Waals surface area contributed by atoms with Crippen LogP contribution in [0.25, 0.3) is 11.3 Å². The van der Waals surface area contributed by atoms with E-state index in [-0.39, 0.29) is 5.91 Å². The number of hydrogen-bond acceptors (Lipinski definition) is 3. The number of hydrogen-bond donors (Lipinski definition) is 1. The number of carbonyl (C=O) groups is 1. The van der Waals surface area contributed by atoms with Crippen molar-refractivity contribution in [1.29, 1.82) is 0 Å². The van der Waals surface area contributed by atoms with Crippen LogP contribution in [0.2, 0.25) is 5.02 Å². The van der Waals surface area contributed by atoms with E-state index in [4.69, 9.17) is 16.0 Å². The Morgan fingerprint density at radius 3 is 2.60 bits per heavy atom. The number of aromatic nitrogens is 1. The summed E-state index contributed by atoms with van der Waals surface area (Å²) in [5.41, 5.74) is 4.16. The first kappa shape index (κ1) is 15.9. The van der Waals surface area contributed by atoms with Crippen molar-refractivity contribution in [1.82, 2.24) is 4.98 Å². The second kappa shape index (κ2) is 6.73. The van der Waals surface area contributed by atoms with Crippen LogP contribution in [-0.4, -0.2) is 10.9 Å². The van der Waals surface area contributed by atoms with Gasteiger partial charge in [-0.05, 0) is 48.1 Å². The van der Waals surface area contributed by atoms with Crippen LogP contribution in [0.15, 0.2) is 59.5 Å². The number of rotatable bonds is 4. The maximum absolute atomic E-state index is 12.4. The predicted octanol–water partition coefficient (Wildman–Crippen LogP) is 4.74. The normalized spacial score (nSPS) is 13.6. The summed E-state index contributed by atoms with van der Waals surface area (Å²) in [7, 11) is 0.